The van der Waals surface area contributed by atoms with Crippen molar-refractivity contribution in [3.63, 3.8) is 0 Å². The second kappa shape index (κ2) is 13.8. The van der Waals surface area contributed by atoms with E-state index in [1.54, 1.807) is 36.4 Å². The zero-order valence-corrected chi connectivity index (χ0v) is 24.1. The molecule has 0 aliphatic heterocycles. The molecule has 0 fully saturated rings. The number of aromatic nitrogens is 2. The molecular formula is C28H29F2N7O4S. The second-order valence-electron chi connectivity index (χ2n) is 9.16. The van der Waals surface area contributed by atoms with Crippen LogP contribution in [0.5, 0.6) is 5.88 Å². The van der Waals surface area contributed by atoms with Gasteiger partial charge in [-0.15, -0.1) is 21.5 Å². The zero-order valence-electron chi connectivity index (χ0n) is 23.2. The molecule has 0 atom stereocenters. The summed E-state index contributed by atoms with van der Waals surface area (Å²) in [6, 6.07) is 13.2. The molecule has 2 aromatic carbocycles. The zero-order chi connectivity index (χ0) is 30.2. The highest BCUT2D eigenvalue weighted by Gasteiger charge is 2.26. The number of thiophene rings is 1. The number of rotatable bonds is 11. The molecule has 0 spiro atoms. The fraction of sp³-hybridized carbons (Fsp3) is 0.214. The minimum absolute atomic E-state index is 0.154. The SMILES string of the molecule is CONC(=O)Nc1ccc(-c2sc(NCc3c(F)cccc3F)c(C(=O)Nc3ccc(OC)nn3)c2CN(C)C)cc1. The van der Waals surface area contributed by atoms with Crippen LogP contribution in [0.3, 0.4) is 0 Å². The van der Waals surface area contributed by atoms with Crippen LogP contribution in [-0.2, 0) is 17.9 Å². The summed E-state index contributed by atoms with van der Waals surface area (Å²) in [7, 11) is 6.51. The van der Waals surface area contributed by atoms with Crippen LogP contribution in [0.25, 0.3) is 10.4 Å². The van der Waals surface area contributed by atoms with Gasteiger partial charge in [-0.2, -0.15) is 0 Å². The number of halogens is 2. The van der Waals surface area contributed by atoms with E-state index in [0.29, 0.717) is 28.4 Å². The lowest BCUT2D eigenvalue weighted by Gasteiger charge is -2.15. The van der Waals surface area contributed by atoms with Gasteiger partial charge in [0.05, 0.1) is 19.8 Å². The summed E-state index contributed by atoms with van der Waals surface area (Å²) in [6.07, 6.45) is 0. The van der Waals surface area contributed by atoms with Crippen LogP contribution in [0.1, 0.15) is 21.5 Å². The van der Waals surface area contributed by atoms with Crippen molar-refractivity contribution in [3.8, 4) is 16.3 Å². The maximum absolute atomic E-state index is 14.4. The standard InChI is InChI=1S/C28H29F2N7O4S/c1-37(2)15-19-24(26(38)33-22-12-13-23(40-3)35-34-22)27(31-14-18-20(29)6-5-7-21(18)30)42-25(19)16-8-10-17(11-9-16)32-28(39)36-41-4/h5-13,31H,14-15H2,1-4H3,(H2,32,36,39)(H,33,34,38). The van der Waals surface area contributed by atoms with Crippen molar-refractivity contribution in [2.75, 3.05) is 44.3 Å². The lowest BCUT2D eigenvalue weighted by Crippen LogP contribution is -2.27. The van der Waals surface area contributed by atoms with Gasteiger partial charge < -0.3 is 25.6 Å². The van der Waals surface area contributed by atoms with Gasteiger partial charge in [-0.1, -0.05) is 18.2 Å². The van der Waals surface area contributed by atoms with E-state index in [4.69, 9.17) is 4.74 Å². The van der Waals surface area contributed by atoms with Gasteiger partial charge in [-0.25, -0.2) is 19.1 Å². The van der Waals surface area contributed by atoms with E-state index in [2.05, 4.69) is 36.5 Å². The first-order valence-electron chi connectivity index (χ1n) is 12.6. The highest BCUT2D eigenvalue weighted by Crippen LogP contribution is 2.42. The minimum atomic E-state index is -0.701. The first kappa shape index (κ1) is 30.3. The monoisotopic (exact) mass is 597 g/mol. The molecular weight excluding hydrogens is 568 g/mol. The maximum atomic E-state index is 14.4. The van der Waals surface area contributed by atoms with Crippen LogP contribution in [0.4, 0.5) is 30.1 Å². The van der Waals surface area contributed by atoms with E-state index >= 15 is 0 Å². The molecule has 0 saturated carbocycles. The van der Waals surface area contributed by atoms with Gasteiger partial charge in [-0.05, 0) is 55.6 Å². The predicted octanol–water partition coefficient (Wildman–Crippen LogP) is 5.10. The molecule has 11 nitrogen and oxygen atoms in total. The minimum Gasteiger partial charge on any atom is -0.480 e. The summed E-state index contributed by atoms with van der Waals surface area (Å²) >= 11 is 1.27. The summed E-state index contributed by atoms with van der Waals surface area (Å²) in [6.45, 7) is 0.175. The van der Waals surface area contributed by atoms with Crippen LogP contribution in [-0.4, -0.2) is 55.4 Å². The van der Waals surface area contributed by atoms with Crippen LogP contribution >= 0.6 is 11.3 Å². The van der Waals surface area contributed by atoms with E-state index in [1.807, 2.05) is 19.0 Å². The van der Waals surface area contributed by atoms with Gasteiger partial charge in [0.1, 0.15) is 16.6 Å². The molecule has 4 aromatic rings. The third-order valence-electron chi connectivity index (χ3n) is 5.89. The van der Waals surface area contributed by atoms with Crippen molar-refractivity contribution >= 4 is 39.8 Å². The van der Waals surface area contributed by atoms with Crippen molar-refractivity contribution in [3.05, 3.63) is 82.9 Å². The Morgan fingerprint density at radius 1 is 0.929 bits per heavy atom. The van der Waals surface area contributed by atoms with E-state index in [0.717, 1.165) is 10.4 Å². The molecule has 0 radical (unpaired) electrons. The number of ether oxygens (including phenoxy) is 1. The third-order valence-corrected chi connectivity index (χ3v) is 7.13. The van der Waals surface area contributed by atoms with Gasteiger partial charge >= 0.3 is 6.03 Å². The Balaban J connectivity index is 1.75. The second-order valence-corrected chi connectivity index (χ2v) is 10.2. The Labute approximate surface area is 244 Å². The quantitative estimate of drug-likeness (QED) is 0.176. The number of hydroxylamine groups is 1. The van der Waals surface area contributed by atoms with Gasteiger partial charge in [0.25, 0.3) is 5.91 Å². The average Bonchev–Trinajstić information content (AvgIpc) is 3.31. The summed E-state index contributed by atoms with van der Waals surface area (Å²) < 4.78 is 33.9. The summed E-state index contributed by atoms with van der Waals surface area (Å²) in [4.78, 5) is 32.8. The van der Waals surface area contributed by atoms with Crippen molar-refractivity contribution in [1.29, 1.82) is 0 Å². The number of methoxy groups -OCH3 is 1. The molecule has 14 heteroatoms. The molecule has 0 aliphatic carbocycles. The highest BCUT2D eigenvalue weighted by atomic mass is 32.1. The number of carbonyl (C=O) groups is 2. The topological polar surface area (TPSA) is 130 Å². The number of carbonyl (C=O) groups excluding carboxylic acids is 2. The van der Waals surface area contributed by atoms with Crippen molar-refractivity contribution in [1.82, 2.24) is 20.6 Å². The number of nitrogens with one attached hydrogen (secondary N) is 4. The fourth-order valence-electron chi connectivity index (χ4n) is 4.03. The largest absolute Gasteiger partial charge is 0.480 e. The number of benzene rings is 2. The summed E-state index contributed by atoms with van der Waals surface area (Å²) in [5.41, 5.74) is 4.28. The maximum Gasteiger partial charge on any atom is 0.343 e. The molecule has 0 saturated heterocycles. The number of urea groups is 1. The molecule has 4 rings (SSSR count). The molecule has 4 N–H and O–H groups in total. The van der Waals surface area contributed by atoms with E-state index in [9.17, 15) is 18.4 Å². The molecule has 220 valence electrons. The van der Waals surface area contributed by atoms with Crippen molar-refractivity contribution in [2.24, 2.45) is 0 Å². The molecule has 0 unspecified atom stereocenters. The van der Waals surface area contributed by atoms with Crippen molar-refractivity contribution < 1.29 is 27.9 Å². The van der Waals surface area contributed by atoms with Crippen molar-refractivity contribution in [2.45, 2.75) is 13.1 Å². The van der Waals surface area contributed by atoms with E-state index < -0.39 is 23.6 Å². The van der Waals surface area contributed by atoms with E-state index in [1.165, 1.54) is 43.8 Å². The smallest absolute Gasteiger partial charge is 0.343 e. The average molecular weight is 598 g/mol. The van der Waals surface area contributed by atoms with Gasteiger partial charge in [-0.3, -0.25) is 9.63 Å². The Morgan fingerprint density at radius 2 is 1.64 bits per heavy atom. The Morgan fingerprint density at radius 3 is 2.24 bits per heavy atom. The number of hydrogen-bond donors (Lipinski definition) is 4. The predicted molar refractivity (Wildman–Crippen MR) is 157 cm³/mol. The lowest BCUT2D eigenvalue weighted by molar-refractivity contribution is 0.102. The Hall–Kier alpha value is -4.66. The number of amides is 3. The molecule has 3 amide bonds. The number of nitrogens with zero attached hydrogens (tertiary/aromatic N) is 3. The van der Waals surface area contributed by atoms with Crippen LogP contribution in [0.2, 0.25) is 0 Å². The number of anilines is 3. The normalized spacial score (nSPS) is 10.8. The first-order valence-corrected chi connectivity index (χ1v) is 13.4. The molecule has 2 aromatic heterocycles. The summed E-state index contributed by atoms with van der Waals surface area (Å²) in [5, 5.41) is 16.8. The summed E-state index contributed by atoms with van der Waals surface area (Å²) in [5.74, 6) is -1.41. The van der Waals surface area contributed by atoms with Gasteiger partial charge in [0, 0.05) is 35.3 Å². The Bertz CT molecular complexity index is 1530. The van der Waals surface area contributed by atoms with Crippen LogP contribution in [0.15, 0.2) is 54.6 Å². The lowest BCUT2D eigenvalue weighted by atomic mass is 10.0. The van der Waals surface area contributed by atoms with Crippen LogP contribution in [0, 0.1) is 11.6 Å². The third kappa shape index (κ3) is 7.34. The molecule has 0 aliphatic rings. The first-order chi connectivity index (χ1) is 20.2. The molecule has 42 heavy (non-hydrogen) atoms. The van der Waals surface area contributed by atoms with Gasteiger partial charge in [0.2, 0.25) is 5.88 Å². The number of hydrogen-bond acceptors (Lipinski definition) is 9. The molecule has 2 heterocycles. The Kier molecular flexibility index (Phi) is 9.96. The fourth-order valence-corrected chi connectivity index (χ4v) is 5.24. The van der Waals surface area contributed by atoms with Gasteiger partial charge in [0.15, 0.2) is 5.82 Å². The van der Waals surface area contributed by atoms with Crippen LogP contribution < -0.4 is 26.2 Å². The van der Waals surface area contributed by atoms with E-state index in [-0.39, 0.29) is 23.8 Å². The molecule has 0 bridgehead atoms. The highest BCUT2D eigenvalue weighted by molar-refractivity contribution is 7.20.